The Morgan fingerprint density at radius 3 is 2.58 bits per heavy atom. The molecular weight excluding hydrogens is 242 g/mol. The van der Waals surface area contributed by atoms with Gasteiger partial charge in [-0.1, -0.05) is 13.3 Å². The molecule has 0 aliphatic heterocycles. The van der Waals surface area contributed by atoms with Crippen LogP contribution in [0.5, 0.6) is 5.75 Å². The van der Waals surface area contributed by atoms with E-state index in [1.54, 1.807) is 7.11 Å². The second-order valence-electron chi connectivity index (χ2n) is 4.09. The highest BCUT2D eigenvalue weighted by Crippen LogP contribution is 2.12. The van der Waals surface area contributed by atoms with Gasteiger partial charge in [-0.15, -0.1) is 0 Å². The maximum Gasteiger partial charge on any atom is 0.142 e. The van der Waals surface area contributed by atoms with Gasteiger partial charge in [-0.2, -0.15) is 0 Å². The molecule has 0 amide bonds. The lowest BCUT2D eigenvalue weighted by atomic mass is 10.2. The summed E-state index contributed by atoms with van der Waals surface area (Å²) in [6.45, 7) is 4.04. The number of nitrogens with two attached hydrogens (primary N) is 1. The van der Waals surface area contributed by atoms with Gasteiger partial charge in [-0.3, -0.25) is 4.99 Å². The van der Waals surface area contributed by atoms with Crippen LogP contribution in [0.4, 0.5) is 0 Å². The molecule has 0 atom stereocenters. The van der Waals surface area contributed by atoms with E-state index in [4.69, 9.17) is 15.3 Å². The molecule has 0 unspecified atom stereocenters. The molecule has 1 aromatic carbocycles. The molecule has 3 N–H and O–H groups in total. The van der Waals surface area contributed by atoms with Crippen LogP contribution in [0.3, 0.4) is 0 Å². The number of methoxy groups -OCH3 is 1. The number of hydrogen-bond donors (Lipinski definition) is 2. The van der Waals surface area contributed by atoms with E-state index in [2.05, 4.69) is 17.3 Å². The molecule has 106 valence electrons. The number of rotatable bonds is 8. The molecule has 0 saturated carbocycles. The van der Waals surface area contributed by atoms with Gasteiger partial charge >= 0.3 is 0 Å². The molecule has 0 spiro atoms. The molecule has 0 heterocycles. The van der Waals surface area contributed by atoms with Crippen LogP contribution >= 0.6 is 0 Å². The van der Waals surface area contributed by atoms with Crippen molar-refractivity contribution in [3.05, 3.63) is 29.8 Å². The van der Waals surface area contributed by atoms with E-state index in [0.29, 0.717) is 19.0 Å². The highest BCUT2D eigenvalue weighted by Gasteiger charge is 2.02. The van der Waals surface area contributed by atoms with Crippen LogP contribution in [0, 0.1) is 0 Å². The van der Waals surface area contributed by atoms with Crippen LogP contribution in [0.2, 0.25) is 0 Å². The van der Waals surface area contributed by atoms with Crippen LogP contribution in [0.15, 0.2) is 29.3 Å². The van der Waals surface area contributed by atoms with Crippen LogP contribution in [-0.4, -0.2) is 32.7 Å². The number of ether oxygens (including phenoxy) is 2. The lowest BCUT2D eigenvalue weighted by molar-refractivity contribution is 0.208. The second kappa shape index (κ2) is 9.35. The van der Waals surface area contributed by atoms with Crippen molar-refractivity contribution in [1.82, 2.24) is 5.43 Å². The summed E-state index contributed by atoms with van der Waals surface area (Å²) < 4.78 is 10.6. The third-order valence-corrected chi connectivity index (χ3v) is 2.60. The molecule has 0 aliphatic carbocycles. The predicted molar refractivity (Wildman–Crippen MR) is 77.4 cm³/mol. The van der Waals surface area contributed by atoms with Crippen LogP contribution in [-0.2, 0) is 4.74 Å². The Kier molecular flexibility index (Phi) is 7.62. The summed E-state index contributed by atoms with van der Waals surface area (Å²) in [7, 11) is 1.65. The summed E-state index contributed by atoms with van der Waals surface area (Å²) in [5, 5.41) is 0. The fourth-order valence-corrected chi connectivity index (χ4v) is 1.51. The van der Waals surface area contributed by atoms with Crippen molar-refractivity contribution in [1.29, 1.82) is 0 Å². The van der Waals surface area contributed by atoms with Crippen LogP contribution < -0.4 is 16.0 Å². The third kappa shape index (κ3) is 5.72. The van der Waals surface area contributed by atoms with Gasteiger partial charge in [-0.25, -0.2) is 5.84 Å². The average molecular weight is 265 g/mol. The summed E-state index contributed by atoms with van der Waals surface area (Å²) in [6.07, 6.45) is 2.20. The lowest BCUT2D eigenvalue weighted by Crippen LogP contribution is -2.31. The fourth-order valence-electron chi connectivity index (χ4n) is 1.51. The van der Waals surface area contributed by atoms with Gasteiger partial charge in [0.05, 0.1) is 19.8 Å². The average Bonchev–Trinajstić information content (AvgIpc) is 2.45. The molecule has 0 fully saturated rings. The van der Waals surface area contributed by atoms with Crippen LogP contribution in [0.25, 0.3) is 0 Å². The Balaban J connectivity index is 2.59. The van der Waals surface area contributed by atoms with E-state index in [1.165, 1.54) is 0 Å². The predicted octanol–water partition coefficient (Wildman–Crippen LogP) is 1.72. The maximum absolute atomic E-state index is 5.60. The Bertz CT molecular complexity index is 377. The molecule has 5 heteroatoms. The number of nitrogens with one attached hydrogen (secondary N) is 1. The van der Waals surface area contributed by atoms with Crippen molar-refractivity contribution in [2.24, 2.45) is 10.8 Å². The monoisotopic (exact) mass is 265 g/mol. The number of aliphatic imine (C=N–C) groups is 1. The zero-order valence-electron chi connectivity index (χ0n) is 11.7. The number of benzene rings is 1. The SMILES string of the molecule is CCCCOc1ccc(C(=NCCOC)NN)cc1. The molecule has 1 rings (SSSR count). The first kappa shape index (κ1) is 15.5. The Hall–Kier alpha value is -1.59. The second-order valence-corrected chi connectivity index (χ2v) is 4.09. The first-order valence-electron chi connectivity index (χ1n) is 6.55. The quantitative estimate of drug-likeness (QED) is 0.247. The molecule has 0 aliphatic rings. The van der Waals surface area contributed by atoms with Gasteiger partial charge in [0.15, 0.2) is 0 Å². The highest BCUT2D eigenvalue weighted by atomic mass is 16.5. The van der Waals surface area contributed by atoms with E-state index in [0.717, 1.165) is 30.8 Å². The highest BCUT2D eigenvalue weighted by molar-refractivity contribution is 5.98. The van der Waals surface area contributed by atoms with E-state index in [9.17, 15) is 0 Å². The number of hydrogen-bond acceptors (Lipinski definition) is 4. The van der Waals surface area contributed by atoms with E-state index in [-0.39, 0.29) is 0 Å². The Labute approximate surface area is 114 Å². The zero-order chi connectivity index (χ0) is 13.9. The molecule has 0 radical (unpaired) electrons. The molecular formula is C14H23N3O2. The van der Waals surface area contributed by atoms with Crippen molar-refractivity contribution in [2.45, 2.75) is 19.8 Å². The standard InChI is InChI=1S/C14H23N3O2/c1-3-4-10-19-13-7-5-12(6-8-13)14(17-15)16-9-11-18-2/h5-8H,3-4,9-11,15H2,1-2H3,(H,16,17). The van der Waals surface area contributed by atoms with E-state index in [1.807, 2.05) is 24.3 Å². The fraction of sp³-hybridized carbons (Fsp3) is 0.500. The van der Waals surface area contributed by atoms with Gasteiger partial charge in [0.25, 0.3) is 0 Å². The summed E-state index contributed by atoms with van der Waals surface area (Å²) >= 11 is 0. The van der Waals surface area contributed by atoms with Gasteiger partial charge in [0, 0.05) is 12.7 Å². The van der Waals surface area contributed by atoms with Crippen molar-refractivity contribution in [3.63, 3.8) is 0 Å². The third-order valence-electron chi connectivity index (χ3n) is 2.60. The minimum Gasteiger partial charge on any atom is -0.494 e. The topological polar surface area (TPSA) is 68.9 Å². The van der Waals surface area contributed by atoms with E-state index < -0.39 is 0 Å². The Morgan fingerprint density at radius 2 is 2.00 bits per heavy atom. The normalized spacial score (nSPS) is 11.4. The molecule has 1 aromatic rings. The number of amidine groups is 1. The molecule has 0 saturated heterocycles. The maximum atomic E-state index is 5.60. The Morgan fingerprint density at radius 1 is 1.26 bits per heavy atom. The van der Waals surface area contributed by atoms with Crippen LogP contribution in [0.1, 0.15) is 25.3 Å². The summed E-state index contributed by atoms with van der Waals surface area (Å²) in [6, 6.07) is 7.72. The van der Waals surface area contributed by atoms with Gasteiger partial charge < -0.3 is 14.9 Å². The van der Waals surface area contributed by atoms with Gasteiger partial charge in [0.1, 0.15) is 11.6 Å². The zero-order valence-corrected chi connectivity index (χ0v) is 11.7. The number of nitrogens with zero attached hydrogens (tertiary/aromatic N) is 1. The first-order valence-corrected chi connectivity index (χ1v) is 6.55. The lowest BCUT2D eigenvalue weighted by Gasteiger charge is -2.08. The summed E-state index contributed by atoms with van der Waals surface area (Å²) in [5.74, 6) is 6.99. The molecule has 19 heavy (non-hydrogen) atoms. The molecule has 0 aromatic heterocycles. The molecule has 5 nitrogen and oxygen atoms in total. The molecule has 0 bridgehead atoms. The smallest absolute Gasteiger partial charge is 0.142 e. The van der Waals surface area contributed by atoms with Gasteiger partial charge in [-0.05, 0) is 30.7 Å². The summed E-state index contributed by atoms with van der Waals surface area (Å²) in [5.41, 5.74) is 3.53. The van der Waals surface area contributed by atoms with Crippen molar-refractivity contribution >= 4 is 5.84 Å². The summed E-state index contributed by atoms with van der Waals surface area (Å²) in [4.78, 5) is 4.32. The van der Waals surface area contributed by atoms with Crippen molar-refractivity contribution in [3.8, 4) is 5.75 Å². The number of unbranched alkanes of at least 4 members (excludes halogenated alkanes) is 1. The largest absolute Gasteiger partial charge is 0.494 e. The minimum atomic E-state index is 0.573. The van der Waals surface area contributed by atoms with Crippen molar-refractivity contribution < 1.29 is 9.47 Å². The minimum absolute atomic E-state index is 0.573. The first-order chi connectivity index (χ1) is 9.31. The van der Waals surface area contributed by atoms with Gasteiger partial charge in [0.2, 0.25) is 0 Å². The number of hydrazine groups is 1. The van der Waals surface area contributed by atoms with Crippen molar-refractivity contribution in [2.75, 3.05) is 26.9 Å². The van der Waals surface area contributed by atoms with E-state index >= 15 is 0 Å².